The summed E-state index contributed by atoms with van der Waals surface area (Å²) in [5, 5.41) is 9.60. The zero-order valence-corrected chi connectivity index (χ0v) is 9.19. The molecule has 2 rings (SSSR count). The van der Waals surface area contributed by atoms with Gasteiger partial charge in [-0.25, -0.2) is 0 Å². The normalized spacial score (nSPS) is 35.3. The van der Waals surface area contributed by atoms with Gasteiger partial charge in [-0.15, -0.1) is 0 Å². The van der Waals surface area contributed by atoms with Gasteiger partial charge in [-0.3, -0.25) is 14.5 Å². The highest BCUT2D eigenvalue weighted by atomic mass is 16.3. The Morgan fingerprint density at radius 3 is 2.20 bits per heavy atom. The van der Waals surface area contributed by atoms with Crippen LogP contribution in [-0.2, 0) is 9.59 Å². The summed E-state index contributed by atoms with van der Waals surface area (Å²) in [5.74, 6) is -0.146. The summed E-state index contributed by atoms with van der Waals surface area (Å²) >= 11 is 0. The van der Waals surface area contributed by atoms with Crippen LogP contribution in [0.1, 0.15) is 39.5 Å². The van der Waals surface area contributed by atoms with Crippen molar-refractivity contribution in [3.8, 4) is 0 Å². The van der Waals surface area contributed by atoms with Crippen LogP contribution in [0.5, 0.6) is 0 Å². The van der Waals surface area contributed by atoms with E-state index >= 15 is 0 Å². The first-order valence-corrected chi connectivity index (χ1v) is 5.47. The Morgan fingerprint density at radius 2 is 1.80 bits per heavy atom. The molecule has 15 heavy (non-hydrogen) atoms. The quantitative estimate of drug-likeness (QED) is 0.649. The number of hydrogen-bond donors (Lipinski definition) is 1. The van der Waals surface area contributed by atoms with E-state index in [0.29, 0.717) is 25.7 Å². The minimum Gasteiger partial charge on any atom is -0.392 e. The van der Waals surface area contributed by atoms with Gasteiger partial charge >= 0.3 is 0 Å². The molecule has 2 fully saturated rings. The van der Waals surface area contributed by atoms with Gasteiger partial charge in [0.05, 0.1) is 6.10 Å². The number of imide groups is 1. The maximum absolute atomic E-state index is 11.7. The summed E-state index contributed by atoms with van der Waals surface area (Å²) in [5.41, 5.74) is -0.345. The van der Waals surface area contributed by atoms with Gasteiger partial charge in [0, 0.05) is 24.3 Å². The van der Waals surface area contributed by atoms with Crippen LogP contribution in [0.3, 0.4) is 0 Å². The molecule has 1 heterocycles. The Morgan fingerprint density at radius 1 is 1.27 bits per heavy atom. The van der Waals surface area contributed by atoms with E-state index in [0.717, 1.165) is 0 Å². The van der Waals surface area contributed by atoms with E-state index in [-0.39, 0.29) is 23.3 Å². The van der Waals surface area contributed by atoms with Crippen LogP contribution in [0, 0.1) is 5.41 Å². The van der Waals surface area contributed by atoms with E-state index < -0.39 is 6.10 Å². The molecule has 0 spiro atoms. The Balaban J connectivity index is 2.16. The van der Waals surface area contributed by atoms with Crippen molar-refractivity contribution in [2.75, 3.05) is 0 Å². The van der Waals surface area contributed by atoms with Crippen molar-refractivity contribution in [2.24, 2.45) is 5.41 Å². The standard InChI is InChI=1S/C11H17NO3/c1-11(2)7(6-8(11)13)12-9(14)4-3-5-10(12)15/h7-8,13H,3-6H2,1-2H3. The molecule has 1 aliphatic carbocycles. The topological polar surface area (TPSA) is 57.6 Å². The lowest BCUT2D eigenvalue weighted by atomic mass is 9.63. The molecule has 4 nitrogen and oxygen atoms in total. The molecular formula is C11H17NO3. The molecule has 0 bridgehead atoms. The number of aliphatic hydroxyl groups excluding tert-OH is 1. The van der Waals surface area contributed by atoms with E-state index in [1.165, 1.54) is 4.90 Å². The van der Waals surface area contributed by atoms with Crippen LogP contribution >= 0.6 is 0 Å². The number of rotatable bonds is 1. The summed E-state index contributed by atoms with van der Waals surface area (Å²) in [6, 6.07) is -0.104. The Bertz CT molecular complexity index is 295. The average molecular weight is 211 g/mol. The Labute approximate surface area is 89.3 Å². The molecule has 4 heteroatoms. The second kappa shape index (κ2) is 3.30. The Kier molecular flexibility index (Phi) is 2.34. The van der Waals surface area contributed by atoms with E-state index in [1.807, 2.05) is 13.8 Å². The first-order valence-electron chi connectivity index (χ1n) is 5.47. The van der Waals surface area contributed by atoms with Crippen molar-refractivity contribution in [1.29, 1.82) is 0 Å². The molecule has 0 aromatic carbocycles. The number of likely N-dealkylation sites (tertiary alicyclic amines) is 1. The number of hydrogen-bond acceptors (Lipinski definition) is 3. The maximum Gasteiger partial charge on any atom is 0.229 e. The van der Waals surface area contributed by atoms with Crippen LogP contribution in [0.25, 0.3) is 0 Å². The third kappa shape index (κ3) is 1.47. The van der Waals surface area contributed by atoms with Gasteiger partial charge in [0.2, 0.25) is 11.8 Å². The zero-order chi connectivity index (χ0) is 11.2. The van der Waals surface area contributed by atoms with Crippen LogP contribution in [-0.4, -0.2) is 34.0 Å². The van der Waals surface area contributed by atoms with Crippen molar-refractivity contribution >= 4 is 11.8 Å². The molecular weight excluding hydrogens is 194 g/mol. The lowest BCUT2D eigenvalue weighted by molar-refractivity contribution is -0.171. The maximum atomic E-state index is 11.7. The van der Waals surface area contributed by atoms with Crippen molar-refractivity contribution < 1.29 is 14.7 Å². The second-order valence-electron chi connectivity index (χ2n) is 5.10. The highest BCUT2D eigenvalue weighted by Gasteiger charge is 2.53. The Hall–Kier alpha value is -0.900. The third-order valence-electron chi connectivity index (χ3n) is 3.79. The van der Waals surface area contributed by atoms with Gasteiger partial charge in [0.1, 0.15) is 0 Å². The molecule has 1 aliphatic heterocycles. The fraction of sp³-hybridized carbons (Fsp3) is 0.818. The highest BCUT2D eigenvalue weighted by Crippen LogP contribution is 2.44. The van der Waals surface area contributed by atoms with Gasteiger partial charge in [0.15, 0.2) is 0 Å². The van der Waals surface area contributed by atoms with Crippen LogP contribution in [0.4, 0.5) is 0 Å². The molecule has 1 saturated carbocycles. The molecule has 0 radical (unpaired) electrons. The number of nitrogens with zero attached hydrogens (tertiary/aromatic N) is 1. The van der Waals surface area contributed by atoms with E-state index in [4.69, 9.17) is 0 Å². The fourth-order valence-corrected chi connectivity index (χ4v) is 2.44. The highest BCUT2D eigenvalue weighted by molar-refractivity contribution is 5.98. The smallest absolute Gasteiger partial charge is 0.229 e. The number of amides is 2. The fourth-order valence-electron chi connectivity index (χ4n) is 2.44. The molecule has 2 amide bonds. The molecule has 2 unspecified atom stereocenters. The first kappa shape index (κ1) is 10.6. The van der Waals surface area contributed by atoms with Gasteiger partial charge in [0.25, 0.3) is 0 Å². The molecule has 2 aliphatic rings. The number of piperidine rings is 1. The zero-order valence-electron chi connectivity index (χ0n) is 9.19. The number of carbonyl (C=O) groups is 2. The van der Waals surface area contributed by atoms with E-state index in [9.17, 15) is 14.7 Å². The summed E-state index contributed by atoms with van der Waals surface area (Å²) in [6.07, 6.45) is 1.74. The monoisotopic (exact) mass is 211 g/mol. The van der Waals surface area contributed by atoms with Crippen molar-refractivity contribution in [3.63, 3.8) is 0 Å². The van der Waals surface area contributed by atoms with Gasteiger partial charge in [-0.1, -0.05) is 13.8 Å². The third-order valence-corrected chi connectivity index (χ3v) is 3.79. The summed E-state index contributed by atoms with van der Waals surface area (Å²) in [4.78, 5) is 24.7. The first-order chi connectivity index (χ1) is 6.94. The average Bonchev–Trinajstić information content (AvgIpc) is 2.16. The second-order valence-corrected chi connectivity index (χ2v) is 5.10. The molecule has 0 aromatic rings. The SMILES string of the molecule is CC1(C)C(O)CC1N1C(=O)CCCC1=O. The minimum atomic E-state index is -0.398. The molecule has 0 aromatic heterocycles. The van der Waals surface area contributed by atoms with Crippen molar-refractivity contribution in [3.05, 3.63) is 0 Å². The van der Waals surface area contributed by atoms with Crippen LogP contribution in [0.2, 0.25) is 0 Å². The lowest BCUT2D eigenvalue weighted by Crippen LogP contribution is -2.64. The van der Waals surface area contributed by atoms with E-state index in [1.54, 1.807) is 0 Å². The van der Waals surface area contributed by atoms with E-state index in [2.05, 4.69) is 0 Å². The molecule has 2 atom stereocenters. The lowest BCUT2D eigenvalue weighted by Gasteiger charge is -2.53. The molecule has 1 saturated heterocycles. The number of aliphatic hydroxyl groups is 1. The molecule has 1 N–H and O–H groups in total. The predicted octanol–water partition coefficient (Wildman–Crippen LogP) is 0.685. The predicted molar refractivity (Wildman–Crippen MR) is 53.9 cm³/mol. The minimum absolute atomic E-state index is 0.0729. The van der Waals surface area contributed by atoms with Crippen LogP contribution < -0.4 is 0 Å². The van der Waals surface area contributed by atoms with Crippen LogP contribution in [0.15, 0.2) is 0 Å². The van der Waals surface area contributed by atoms with Gasteiger partial charge in [-0.2, -0.15) is 0 Å². The summed E-state index contributed by atoms with van der Waals surface area (Å²) in [6.45, 7) is 3.81. The number of carbonyl (C=O) groups excluding carboxylic acids is 2. The largest absolute Gasteiger partial charge is 0.392 e. The van der Waals surface area contributed by atoms with Crippen molar-refractivity contribution in [2.45, 2.75) is 51.7 Å². The molecule has 84 valence electrons. The van der Waals surface area contributed by atoms with Crippen molar-refractivity contribution in [1.82, 2.24) is 4.90 Å². The summed E-state index contributed by atoms with van der Waals surface area (Å²) in [7, 11) is 0. The van der Waals surface area contributed by atoms with Gasteiger partial charge in [-0.05, 0) is 12.8 Å². The summed E-state index contributed by atoms with van der Waals surface area (Å²) < 4.78 is 0. The van der Waals surface area contributed by atoms with Gasteiger partial charge < -0.3 is 5.11 Å².